The molecule has 0 saturated heterocycles. The van der Waals surface area contributed by atoms with Gasteiger partial charge in [0.05, 0.1) is 16.1 Å². The number of rotatable bonds is 4. The Kier molecular flexibility index (Phi) is 4.55. The van der Waals surface area contributed by atoms with Crippen molar-refractivity contribution in [2.75, 3.05) is 0 Å². The maximum Gasteiger partial charge on any atom is 0.312 e. The molecule has 144 valence electrons. The van der Waals surface area contributed by atoms with Crippen LogP contribution >= 0.6 is 0 Å². The lowest BCUT2D eigenvalue weighted by Gasteiger charge is -2.12. The maximum absolute atomic E-state index is 11.5. The third-order valence-electron chi connectivity index (χ3n) is 4.37. The van der Waals surface area contributed by atoms with Gasteiger partial charge in [0.1, 0.15) is 28.9 Å². The standard InChI is InChI=1S/C21H12N6O3/c1-13-6-7-20(18(8-13)26-24-16-4-2-3-5-17(16)25-26)30-21-10-15(12-23)14(11-22)9-19(21)27(28)29/h2-10H,1H3. The van der Waals surface area contributed by atoms with Gasteiger partial charge in [-0.3, -0.25) is 10.1 Å². The van der Waals surface area contributed by atoms with Crippen molar-refractivity contribution in [3.63, 3.8) is 0 Å². The van der Waals surface area contributed by atoms with Gasteiger partial charge in [0.15, 0.2) is 5.75 Å². The Morgan fingerprint density at radius 2 is 1.60 bits per heavy atom. The van der Waals surface area contributed by atoms with Crippen LogP contribution in [0.3, 0.4) is 0 Å². The van der Waals surface area contributed by atoms with Gasteiger partial charge in [-0.05, 0) is 36.8 Å². The van der Waals surface area contributed by atoms with Crippen molar-refractivity contribution in [1.82, 2.24) is 15.0 Å². The lowest BCUT2D eigenvalue weighted by molar-refractivity contribution is -0.385. The Morgan fingerprint density at radius 1 is 0.967 bits per heavy atom. The summed E-state index contributed by atoms with van der Waals surface area (Å²) in [5.41, 5.74) is 2.21. The zero-order valence-electron chi connectivity index (χ0n) is 15.6. The van der Waals surface area contributed by atoms with E-state index >= 15 is 0 Å². The van der Waals surface area contributed by atoms with Gasteiger partial charge in [-0.25, -0.2) is 0 Å². The van der Waals surface area contributed by atoms with Gasteiger partial charge in [0.25, 0.3) is 0 Å². The normalized spacial score (nSPS) is 10.4. The first-order chi connectivity index (χ1) is 14.5. The number of hydrogen-bond donors (Lipinski definition) is 0. The molecule has 3 aromatic carbocycles. The topological polar surface area (TPSA) is 131 Å². The van der Waals surface area contributed by atoms with Crippen molar-refractivity contribution in [2.24, 2.45) is 0 Å². The second-order valence-corrected chi connectivity index (χ2v) is 6.40. The largest absolute Gasteiger partial charge is 0.448 e. The van der Waals surface area contributed by atoms with Crippen molar-refractivity contribution in [3.05, 3.63) is 81.4 Å². The van der Waals surface area contributed by atoms with Crippen LogP contribution in [0.1, 0.15) is 16.7 Å². The molecule has 0 atom stereocenters. The number of benzene rings is 3. The molecule has 0 N–H and O–H groups in total. The highest BCUT2D eigenvalue weighted by atomic mass is 16.6. The molecule has 1 heterocycles. The van der Waals surface area contributed by atoms with Crippen LogP contribution in [-0.4, -0.2) is 19.9 Å². The van der Waals surface area contributed by atoms with E-state index in [0.29, 0.717) is 16.7 Å². The van der Waals surface area contributed by atoms with E-state index in [4.69, 9.17) is 10.00 Å². The summed E-state index contributed by atoms with van der Waals surface area (Å²) < 4.78 is 5.85. The molecule has 9 nitrogen and oxygen atoms in total. The van der Waals surface area contributed by atoms with E-state index in [1.165, 1.54) is 10.9 Å². The molecule has 0 saturated carbocycles. The van der Waals surface area contributed by atoms with Crippen molar-refractivity contribution in [1.29, 1.82) is 10.5 Å². The van der Waals surface area contributed by atoms with Gasteiger partial charge in [-0.1, -0.05) is 18.2 Å². The number of hydrogen-bond acceptors (Lipinski definition) is 7. The average molecular weight is 396 g/mol. The van der Waals surface area contributed by atoms with E-state index < -0.39 is 10.6 Å². The van der Waals surface area contributed by atoms with Crippen molar-refractivity contribution >= 4 is 16.7 Å². The summed E-state index contributed by atoms with van der Waals surface area (Å²) in [5.74, 6) is 0.106. The van der Waals surface area contributed by atoms with Crippen LogP contribution in [0.25, 0.3) is 16.7 Å². The zero-order valence-corrected chi connectivity index (χ0v) is 15.6. The average Bonchev–Trinajstić information content (AvgIpc) is 3.18. The first-order valence-electron chi connectivity index (χ1n) is 8.74. The number of nitro groups is 1. The summed E-state index contributed by atoms with van der Waals surface area (Å²) >= 11 is 0. The van der Waals surface area contributed by atoms with E-state index in [-0.39, 0.29) is 22.6 Å². The molecule has 0 amide bonds. The van der Waals surface area contributed by atoms with Gasteiger partial charge in [-0.2, -0.15) is 10.5 Å². The SMILES string of the molecule is Cc1ccc(Oc2cc(C#N)c(C#N)cc2[N+](=O)[O-])c(-n2nc3ccccc3n2)c1. The van der Waals surface area contributed by atoms with Crippen LogP contribution in [0.5, 0.6) is 11.5 Å². The second-order valence-electron chi connectivity index (χ2n) is 6.40. The minimum absolute atomic E-state index is 0.0188. The number of aromatic nitrogens is 3. The highest BCUT2D eigenvalue weighted by Gasteiger charge is 2.22. The number of nitriles is 2. The second kappa shape index (κ2) is 7.34. The lowest BCUT2D eigenvalue weighted by Crippen LogP contribution is -2.03. The lowest BCUT2D eigenvalue weighted by atomic mass is 10.1. The molecule has 1 aromatic heterocycles. The summed E-state index contributed by atoms with van der Waals surface area (Å²) in [7, 11) is 0. The number of aryl methyl sites for hydroxylation is 1. The molecule has 0 fully saturated rings. The monoisotopic (exact) mass is 396 g/mol. The highest BCUT2D eigenvalue weighted by Crippen LogP contribution is 2.36. The molecule has 4 rings (SSSR count). The third kappa shape index (κ3) is 3.28. The van der Waals surface area contributed by atoms with E-state index in [2.05, 4.69) is 10.2 Å². The minimum atomic E-state index is -0.661. The van der Waals surface area contributed by atoms with Gasteiger partial charge in [0, 0.05) is 12.1 Å². The fourth-order valence-electron chi connectivity index (χ4n) is 2.93. The summed E-state index contributed by atoms with van der Waals surface area (Å²) in [5, 5.41) is 38.8. The van der Waals surface area contributed by atoms with E-state index in [0.717, 1.165) is 11.6 Å². The molecule has 0 aliphatic heterocycles. The quantitative estimate of drug-likeness (QED) is 0.373. The third-order valence-corrected chi connectivity index (χ3v) is 4.37. The summed E-state index contributed by atoms with van der Waals surface area (Å²) in [6, 6.07) is 18.4. The Morgan fingerprint density at radius 3 is 2.20 bits per heavy atom. The smallest absolute Gasteiger partial charge is 0.312 e. The van der Waals surface area contributed by atoms with Crippen LogP contribution in [0.15, 0.2) is 54.6 Å². The predicted octanol–water partition coefficient (Wildman–Crippen LogP) is 4.17. The van der Waals surface area contributed by atoms with Crippen molar-refractivity contribution in [3.8, 4) is 29.3 Å². The predicted molar refractivity (Wildman–Crippen MR) is 106 cm³/mol. The van der Waals surface area contributed by atoms with Crippen LogP contribution in [0.2, 0.25) is 0 Å². The summed E-state index contributed by atoms with van der Waals surface area (Å²) in [6.45, 7) is 1.88. The molecule has 0 aliphatic rings. The highest BCUT2D eigenvalue weighted by molar-refractivity contribution is 5.73. The molecule has 0 unspecified atom stereocenters. The Bertz CT molecular complexity index is 1360. The molecular weight excluding hydrogens is 384 g/mol. The van der Waals surface area contributed by atoms with Crippen molar-refractivity contribution in [2.45, 2.75) is 6.92 Å². The first-order valence-corrected chi connectivity index (χ1v) is 8.74. The van der Waals surface area contributed by atoms with Gasteiger partial charge in [0.2, 0.25) is 5.75 Å². The molecular formula is C21H12N6O3. The minimum Gasteiger partial charge on any atom is -0.448 e. The van der Waals surface area contributed by atoms with Crippen molar-refractivity contribution < 1.29 is 9.66 Å². The van der Waals surface area contributed by atoms with Crippen LogP contribution < -0.4 is 4.74 Å². The Labute approximate surface area is 170 Å². The van der Waals surface area contributed by atoms with E-state index in [1.807, 2.05) is 37.3 Å². The number of fused-ring (bicyclic) bond motifs is 1. The van der Waals surface area contributed by atoms with Gasteiger partial charge in [-0.15, -0.1) is 15.0 Å². The molecule has 0 aliphatic carbocycles. The summed E-state index contributed by atoms with van der Waals surface area (Å²) in [4.78, 5) is 12.2. The Balaban J connectivity index is 1.86. The molecule has 9 heteroatoms. The van der Waals surface area contributed by atoms with E-state index in [1.54, 1.807) is 24.3 Å². The zero-order chi connectivity index (χ0) is 21.3. The molecule has 0 bridgehead atoms. The van der Waals surface area contributed by atoms with Crippen LogP contribution in [0.4, 0.5) is 5.69 Å². The van der Waals surface area contributed by atoms with E-state index in [9.17, 15) is 15.4 Å². The first kappa shape index (κ1) is 18.6. The van der Waals surface area contributed by atoms with Crippen LogP contribution in [0, 0.1) is 39.7 Å². The van der Waals surface area contributed by atoms with Gasteiger partial charge >= 0.3 is 5.69 Å². The fraction of sp³-hybridized carbons (Fsp3) is 0.0476. The van der Waals surface area contributed by atoms with Gasteiger partial charge < -0.3 is 4.74 Å². The number of ether oxygens (including phenoxy) is 1. The Hall–Kier alpha value is -4.76. The molecule has 4 aromatic rings. The molecule has 0 spiro atoms. The molecule has 0 radical (unpaired) electrons. The number of nitro benzene ring substituents is 1. The molecule has 30 heavy (non-hydrogen) atoms. The summed E-state index contributed by atoms with van der Waals surface area (Å²) in [6.07, 6.45) is 0. The maximum atomic E-state index is 11.5. The fourth-order valence-corrected chi connectivity index (χ4v) is 2.93. The number of nitrogens with zero attached hydrogens (tertiary/aromatic N) is 6. The van der Waals surface area contributed by atoms with Crippen LogP contribution in [-0.2, 0) is 0 Å².